The van der Waals surface area contributed by atoms with Crippen molar-refractivity contribution in [3.8, 4) is 17.2 Å². The Balaban J connectivity index is 2.72. The van der Waals surface area contributed by atoms with Crippen LogP contribution in [0.1, 0.15) is 219 Å². The summed E-state index contributed by atoms with van der Waals surface area (Å²) in [4.78, 5) is 19.6. The van der Waals surface area contributed by atoms with Crippen LogP contribution in [0, 0.1) is 0 Å². The molecule has 0 saturated carbocycles. The fourth-order valence-electron chi connectivity index (χ4n) is 6.62. The van der Waals surface area contributed by atoms with E-state index in [1.807, 2.05) is 0 Å². The highest BCUT2D eigenvalue weighted by molar-refractivity contribution is 7.50. The monoisotopic (exact) mass is 725 g/mol. The van der Waals surface area contributed by atoms with Gasteiger partial charge in [-0.25, -0.2) is 0 Å². The lowest BCUT2D eigenvalue weighted by molar-refractivity contribution is 0.234. The minimum atomic E-state index is -4.26. The molecule has 1 aromatic rings. The molecule has 6 nitrogen and oxygen atoms in total. The quantitative estimate of drug-likeness (QED) is 0.0522. The molecule has 0 atom stereocenters. The van der Waals surface area contributed by atoms with Crippen LogP contribution in [0.5, 0.6) is 17.2 Å². The Morgan fingerprint density at radius 1 is 0.420 bits per heavy atom. The summed E-state index contributed by atoms with van der Waals surface area (Å²) in [6.45, 7) is 8.48. The van der Waals surface area contributed by atoms with E-state index in [9.17, 15) is 14.4 Å². The van der Waals surface area contributed by atoms with Crippen molar-refractivity contribution in [2.45, 2.75) is 220 Å². The van der Waals surface area contributed by atoms with Crippen LogP contribution in [0.3, 0.4) is 0 Å². The molecule has 0 heterocycles. The number of rotatable bonds is 38. The topological polar surface area (TPSA) is 85.2 Å². The first-order chi connectivity index (χ1) is 24.4. The van der Waals surface area contributed by atoms with Crippen LogP contribution >= 0.6 is 7.60 Å². The molecule has 1 aromatic carbocycles. The molecule has 0 fully saturated rings. The summed E-state index contributed by atoms with van der Waals surface area (Å²) < 4.78 is 31.0. The van der Waals surface area contributed by atoms with Crippen LogP contribution in [-0.4, -0.2) is 29.6 Å². The zero-order valence-corrected chi connectivity index (χ0v) is 34.1. The Bertz CT molecular complexity index is 885. The number of hydrogen-bond donors (Lipinski definition) is 2. The van der Waals surface area contributed by atoms with Crippen molar-refractivity contribution in [3.63, 3.8) is 0 Å². The van der Waals surface area contributed by atoms with Gasteiger partial charge in [-0.2, -0.15) is 0 Å². The summed E-state index contributed by atoms with van der Waals surface area (Å²) in [7, 11) is -4.26. The van der Waals surface area contributed by atoms with Crippen LogP contribution in [0.15, 0.2) is 12.1 Å². The molecule has 0 unspecified atom stereocenters. The first-order valence-electron chi connectivity index (χ1n) is 21.5. The van der Waals surface area contributed by atoms with Gasteiger partial charge in [0.1, 0.15) is 0 Å². The zero-order chi connectivity index (χ0) is 36.4. The molecule has 294 valence electrons. The standard InChI is InChI=1S/C43H81O6P/c1-4-7-10-13-16-19-22-25-28-31-34-47-41-37-40(39-50(44,45)46)38-42(48-35-32-29-26-23-20-17-14-11-8-5-2)43(41)49-36-33-30-27-24-21-18-15-12-9-6-3/h37-38H,4-36,39H2,1-3H3,(H2,44,45,46). The summed E-state index contributed by atoms with van der Waals surface area (Å²) in [5, 5.41) is 0. The van der Waals surface area contributed by atoms with E-state index >= 15 is 0 Å². The summed E-state index contributed by atoms with van der Waals surface area (Å²) in [5.74, 6) is 1.70. The van der Waals surface area contributed by atoms with E-state index in [4.69, 9.17) is 14.2 Å². The van der Waals surface area contributed by atoms with E-state index in [-0.39, 0.29) is 6.16 Å². The van der Waals surface area contributed by atoms with Crippen molar-refractivity contribution in [2.75, 3.05) is 19.8 Å². The van der Waals surface area contributed by atoms with Gasteiger partial charge >= 0.3 is 7.60 Å². The average molecular weight is 725 g/mol. The van der Waals surface area contributed by atoms with Gasteiger partial charge in [-0.15, -0.1) is 0 Å². The lowest BCUT2D eigenvalue weighted by atomic mass is 10.1. The maximum Gasteiger partial charge on any atom is 0.329 e. The van der Waals surface area contributed by atoms with Crippen molar-refractivity contribution in [2.24, 2.45) is 0 Å². The van der Waals surface area contributed by atoms with Crippen LogP contribution in [-0.2, 0) is 10.7 Å². The predicted octanol–water partition coefficient (Wildman–Crippen LogP) is 14.3. The molecule has 0 amide bonds. The fraction of sp³-hybridized carbons (Fsp3) is 0.860. The first-order valence-corrected chi connectivity index (χ1v) is 23.3. The van der Waals surface area contributed by atoms with E-state index in [2.05, 4.69) is 20.8 Å². The van der Waals surface area contributed by atoms with Gasteiger partial charge in [0.2, 0.25) is 5.75 Å². The summed E-state index contributed by atoms with van der Waals surface area (Å²) in [6.07, 6.45) is 37.4. The van der Waals surface area contributed by atoms with Crippen molar-refractivity contribution in [3.05, 3.63) is 17.7 Å². The third-order valence-corrected chi connectivity index (χ3v) is 10.5. The lowest BCUT2D eigenvalue weighted by Gasteiger charge is -2.19. The third kappa shape index (κ3) is 28.4. The van der Waals surface area contributed by atoms with E-state index in [0.717, 1.165) is 38.5 Å². The minimum absolute atomic E-state index is 0.338. The van der Waals surface area contributed by atoms with Gasteiger partial charge in [-0.1, -0.05) is 194 Å². The molecule has 0 bridgehead atoms. The van der Waals surface area contributed by atoms with Crippen molar-refractivity contribution < 1.29 is 28.6 Å². The largest absolute Gasteiger partial charge is 0.490 e. The van der Waals surface area contributed by atoms with Crippen LogP contribution in [0.25, 0.3) is 0 Å². The molecule has 0 saturated heterocycles. The third-order valence-electron chi connectivity index (χ3n) is 9.72. The average Bonchev–Trinajstić information content (AvgIpc) is 3.08. The number of ether oxygens (including phenoxy) is 3. The maximum absolute atomic E-state index is 12.0. The summed E-state index contributed by atoms with van der Waals surface area (Å²) in [6, 6.07) is 3.52. The molecule has 7 heteroatoms. The predicted molar refractivity (Wildman–Crippen MR) is 214 cm³/mol. The van der Waals surface area contributed by atoms with E-state index < -0.39 is 7.60 Å². The number of benzene rings is 1. The van der Waals surface area contributed by atoms with Crippen LogP contribution in [0.2, 0.25) is 0 Å². The highest BCUT2D eigenvalue weighted by atomic mass is 31.2. The smallest absolute Gasteiger partial charge is 0.329 e. The maximum atomic E-state index is 12.0. The Morgan fingerprint density at radius 2 is 0.680 bits per heavy atom. The fourth-order valence-corrected chi connectivity index (χ4v) is 7.28. The van der Waals surface area contributed by atoms with E-state index in [0.29, 0.717) is 42.6 Å². The van der Waals surface area contributed by atoms with Gasteiger partial charge in [0.05, 0.1) is 26.0 Å². The Morgan fingerprint density at radius 3 is 0.960 bits per heavy atom. The summed E-state index contributed by atoms with van der Waals surface area (Å²) >= 11 is 0. The number of unbranched alkanes of at least 4 members (excludes halogenated alkanes) is 27. The van der Waals surface area contributed by atoms with Crippen molar-refractivity contribution in [1.82, 2.24) is 0 Å². The second-order valence-corrected chi connectivity index (χ2v) is 16.5. The van der Waals surface area contributed by atoms with Crippen molar-refractivity contribution >= 4 is 7.60 Å². The molecule has 0 aromatic heterocycles. The molecule has 1 rings (SSSR count). The Hall–Kier alpha value is -1.23. The van der Waals surface area contributed by atoms with E-state index in [1.165, 1.54) is 154 Å². The van der Waals surface area contributed by atoms with Gasteiger partial charge in [0, 0.05) is 0 Å². The van der Waals surface area contributed by atoms with Crippen LogP contribution in [0.4, 0.5) is 0 Å². The number of hydrogen-bond acceptors (Lipinski definition) is 4. The second kappa shape index (κ2) is 33.6. The zero-order valence-electron chi connectivity index (χ0n) is 33.2. The van der Waals surface area contributed by atoms with Crippen molar-refractivity contribution in [1.29, 1.82) is 0 Å². The minimum Gasteiger partial charge on any atom is -0.490 e. The van der Waals surface area contributed by atoms with E-state index in [1.54, 1.807) is 12.1 Å². The molecule has 0 radical (unpaired) electrons. The van der Waals surface area contributed by atoms with Gasteiger partial charge in [-0.3, -0.25) is 4.57 Å². The van der Waals surface area contributed by atoms with Gasteiger partial charge in [0.15, 0.2) is 11.5 Å². The SMILES string of the molecule is CCCCCCCCCCCCOc1cc(CP(=O)(O)O)cc(OCCCCCCCCCCCC)c1OCCCCCCCCCCCC. The normalized spacial score (nSPS) is 11.7. The molecule has 50 heavy (non-hydrogen) atoms. The molecule has 2 N–H and O–H groups in total. The van der Waals surface area contributed by atoms with Crippen LogP contribution < -0.4 is 14.2 Å². The highest BCUT2D eigenvalue weighted by Gasteiger charge is 2.21. The Labute approximate surface area is 309 Å². The molecule has 0 aliphatic rings. The molecular weight excluding hydrogens is 643 g/mol. The molecular formula is C43H81O6P. The molecule has 0 aliphatic carbocycles. The van der Waals surface area contributed by atoms with Gasteiger partial charge < -0.3 is 24.0 Å². The summed E-state index contributed by atoms with van der Waals surface area (Å²) in [5.41, 5.74) is 0.528. The molecule has 0 aliphatic heterocycles. The second-order valence-electron chi connectivity index (χ2n) is 14.8. The Kier molecular flexibility index (Phi) is 31.4. The van der Waals surface area contributed by atoms with Gasteiger partial charge in [0.25, 0.3) is 0 Å². The molecule has 0 spiro atoms. The lowest BCUT2D eigenvalue weighted by Crippen LogP contribution is -2.07. The van der Waals surface area contributed by atoms with Gasteiger partial charge in [-0.05, 0) is 37.0 Å². The first kappa shape index (κ1) is 46.8. The highest BCUT2D eigenvalue weighted by Crippen LogP contribution is 2.45.